The summed E-state index contributed by atoms with van der Waals surface area (Å²) in [5.74, 6) is -0.783. The molecule has 4 aliphatic heterocycles. The predicted molar refractivity (Wildman–Crippen MR) is 189 cm³/mol. The molecule has 1 aromatic heterocycles. The number of carbonyl (C=O) groups is 1. The van der Waals surface area contributed by atoms with Crippen LogP contribution in [0.15, 0.2) is 90.0 Å². The van der Waals surface area contributed by atoms with Crippen LogP contribution < -0.4 is 0 Å². The number of H-pyrrole nitrogens is 1. The minimum absolute atomic E-state index is 0.0622. The third-order valence-corrected chi connectivity index (χ3v) is 12.8. The molecule has 4 saturated heterocycles. The van der Waals surface area contributed by atoms with Crippen molar-refractivity contribution in [3.8, 4) is 0 Å². The first-order chi connectivity index (χ1) is 23.7. The second kappa shape index (κ2) is 14.4. The highest BCUT2D eigenvalue weighted by atomic mass is 32.2. The summed E-state index contributed by atoms with van der Waals surface area (Å²) < 4.78 is 36.5. The van der Waals surface area contributed by atoms with Crippen LogP contribution in [0, 0.1) is 0 Å². The van der Waals surface area contributed by atoms with Crippen LogP contribution in [-0.2, 0) is 36.9 Å². The van der Waals surface area contributed by atoms with Crippen molar-refractivity contribution in [1.29, 1.82) is 0 Å². The number of carbonyl (C=O) groups excluding carboxylic acids is 1. The molecule has 0 saturated carbocycles. The summed E-state index contributed by atoms with van der Waals surface area (Å²) in [5.41, 5.74) is 4.33. The number of aliphatic hydroxyl groups excluding tert-OH is 1. The topological polar surface area (TPSA) is 115 Å². The first kappa shape index (κ1) is 33.9. The van der Waals surface area contributed by atoms with Crippen LogP contribution in [0.25, 0.3) is 10.9 Å². The number of likely N-dealkylation sites (tertiary alicyclic amines) is 1. The van der Waals surface area contributed by atoms with Gasteiger partial charge >= 0.3 is 5.97 Å². The van der Waals surface area contributed by atoms with Crippen LogP contribution in [0.5, 0.6) is 0 Å². The Morgan fingerprint density at radius 1 is 1.00 bits per heavy atom. The normalized spacial score (nSPS) is 26.9. The number of hydrogen-bond acceptors (Lipinski definition) is 8. The summed E-state index contributed by atoms with van der Waals surface area (Å²) in [6, 6.07) is 25.6. The summed E-state index contributed by atoms with van der Waals surface area (Å²) >= 11 is 0. The van der Waals surface area contributed by atoms with Gasteiger partial charge in [0.15, 0.2) is 9.84 Å². The van der Waals surface area contributed by atoms with E-state index in [1.165, 1.54) is 30.3 Å². The number of ether oxygens (including phenoxy) is 2. The molecule has 5 heterocycles. The van der Waals surface area contributed by atoms with Crippen molar-refractivity contribution in [2.75, 3.05) is 33.0 Å². The number of aromatic nitrogens is 1. The summed E-state index contributed by atoms with van der Waals surface area (Å²) in [4.78, 5) is 21.0. The molecule has 8 rings (SSSR count). The van der Waals surface area contributed by atoms with E-state index < -0.39 is 15.8 Å². The monoisotopic (exact) mass is 685 g/mol. The molecule has 0 aliphatic carbocycles. The van der Waals surface area contributed by atoms with E-state index >= 15 is 0 Å². The van der Waals surface area contributed by atoms with Crippen molar-refractivity contribution >= 4 is 26.7 Å². The van der Waals surface area contributed by atoms with Crippen LogP contribution in [0.4, 0.5) is 0 Å². The molecule has 0 amide bonds. The highest BCUT2D eigenvalue weighted by Crippen LogP contribution is 2.48. The van der Waals surface area contributed by atoms with Gasteiger partial charge in [-0.2, -0.15) is 0 Å². The van der Waals surface area contributed by atoms with Crippen molar-refractivity contribution in [2.45, 2.75) is 85.8 Å². The Morgan fingerprint density at radius 2 is 1.69 bits per heavy atom. The second-order valence-electron chi connectivity index (χ2n) is 14.1. The molecule has 9 nitrogen and oxygen atoms in total. The van der Waals surface area contributed by atoms with E-state index in [1.54, 1.807) is 24.3 Å². The van der Waals surface area contributed by atoms with Crippen LogP contribution in [0.1, 0.15) is 48.3 Å². The highest BCUT2D eigenvalue weighted by Gasteiger charge is 2.62. The number of nitrogens with zero attached hydrogens (tertiary/aromatic N) is 2. The number of aryl methyl sites for hydroxylation is 1. The van der Waals surface area contributed by atoms with Gasteiger partial charge in [-0.1, -0.05) is 54.6 Å². The Labute approximate surface area is 289 Å². The zero-order valence-corrected chi connectivity index (χ0v) is 29.1. The number of hydrogen-bond donors (Lipinski definition) is 2. The summed E-state index contributed by atoms with van der Waals surface area (Å²) in [7, 11) is 1.08. The number of piperidine rings is 1. The number of sulfone groups is 1. The van der Waals surface area contributed by atoms with Crippen LogP contribution in [0.3, 0.4) is 0 Å². The molecular weight excluding hydrogens is 639 g/mol. The van der Waals surface area contributed by atoms with Crippen molar-refractivity contribution < 1.29 is 27.8 Å². The van der Waals surface area contributed by atoms with Crippen molar-refractivity contribution in [2.24, 2.45) is 0 Å². The fourth-order valence-electron chi connectivity index (χ4n) is 8.08. The average molecular weight is 686 g/mol. The molecule has 2 bridgehead atoms. The Hall–Kier alpha value is -3.54. The summed E-state index contributed by atoms with van der Waals surface area (Å²) in [5, 5.41) is 10.8. The summed E-state index contributed by atoms with van der Waals surface area (Å²) in [6.45, 7) is 0.951. The quantitative estimate of drug-likeness (QED) is 0.182. The number of morpholine rings is 1. The number of epoxide rings is 1. The lowest BCUT2D eigenvalue weighted by Gasteiger charge is -2.38. The van der Waals surface area contributed by atoms with Gasteiger partial charge in [-0.3, -0.25) is 9.69 Å². The molecular formula is C39H47N3O6S. The second-order valence-corrected chi connectivity index (χ2v) is 16.2. The highest BCUT2D eigenvalue weighted by molar-refractivity contribution is 7.91. The predicted octanol–water partition coefficient (Wildman–Crippen LogP) is 4.74. The third kappa shape index (κ3) is 7.35. The van der Waals surface area contributed by atoms with Crippen molar-refractivity contribution in [3.63, 3.8) is 0 Å². The number of aromatic amines is 1. The third-order valence-electron chi connectivity index (χ3n) is 11.0. The van der Waals surface area contributed by atoms with Gasteiger partial charge in [0.25, 0.3) is 0 Å². The maximum Gasteiger partial charge on any atom is 0.316 e. The molecule has 0 radical (unpaired) electrons. The lowest BCUT2D eigenvalue weighted by atomic mass is 9.97. The van der Waals surface area contributed by atoms with Gasteiger partial charge in [-0.05, 0) is 87.3 Å². The Kier molecular flexibility index (Phi) is 9.95. The standard InChI is InChI=1S/C22H26N2O2S.C17H21NO4/c1-24-12-5-6-19(24)15-18-16-23-22-10-9-17(14-21(18)22)11-13-27(25,26)20-7-3-2-4-8-20;1-18-13-7-11(8-14(18)16-15(13)22-16)21-17(20)12(9-19)10-5-3-2-4-6-10/h2-4,7-10,14,16,19,23H,5-6,11-13,15H2,1H3;2-6,11-16,19H,7-9H2,1H3/t19-;11-,12-,13-,14+,15-,16+/m11/s1. The molecule has 4 aliphatic rings. The molecule has 2 N–H and O–H groups in total. The van der Waals surface area contributed by atoms with Crippen molar-refractivity contribution in [3.05, 3.63) is 102 Å². The Balaban J connectivity index is 0.000000157. The van der Waals surface area contributed by atoms with Crippen LogP contribution in [0.2, 0.25) is 0 Å². The zero-order chi connectivity index (χ0) is 34.1. The molecule has 260 valence electrons. The molecule has 49 heavy (non-hydrogen) atoms. The average Bonchev–Trinajstić information content (AvgIpc) is 3.60. The Bertz CT molecular complexity index is 1830. The number of fused-ring (bicyclic) bond motifs is 6. The van der Waals surface area contributed by atoms with Crippen molar-refractivity contribution in [1.82, 2.24) is 14.8 Å². The first-order valence-electron chi connectivity index (χ1n) is 17.5. The van der Waals surface area contributed by atoms with Gasteiger partial charge < -0.3 is 24.5 Å². The number of aliphatic hydroxyl groups is 1. The summed E-state index contributed by atoms with van der Waals surface area (Å²) in [6.07, 6.45) is 8.46. The minimum Gasteiger partial charge on any atom is -0.462 e. The number of esters is 1. The zero-order valence-electron chi connectivity index (χ0n) is 28.3. The SMILES string of the molecule is CN1CCC[C@@H]1Cc1c[nH]c2ccc(CCS(=O)(=O)c3ccccc3)cc12.CN1[C@@H]2C[C@@H](OC(=O)[C@H](CO)c3ccccc3)C[C@H]1[C@@H]1O[C@@H]12. The van der Waals surface area contributed by atoms with Gasteiger partial charge in [0, 0.05) is 48.1 Å². The van der Waals surface area contributed by atoms with Crippen LogP contribution >= 0.6 is 0 Å². The van der Waals surface area contributed by atoms with Gasteiger partial charge in [-0.25, -0.2) is 8.42 Å². The molecule has 4 aromatic rings. The molecule has 4 fully saturated rings. The largest absolute Gasteiger partial charge is 0.462 e. The van der Waals surface area contributed by atoms with Gasteiger partial charge in [0.05, 0.1) is 17.3 Å². The van der Waals surface area contributed by atoms with E-state index in [0.717, 1.165) is 35.9 Å². The number of benzene rings is 3. The van der Waals surface area contributed by atoms with E-state index in [4.69, 9.17) is 9.47 Å². The molecule has 3 aromatic carbocycles. The number of likely N-dealkylation sites (N-methyl/N-ethyl adjacent to an activating group) is 2. The van der Waals surface area contributed by atoms with Crippen LogP contribution in [-0.4, -0.2) is 104 Å². The van der Waals surface area contributed by atoms with Gasteiger partial charge in [-0.15, -0.1) is 0 Å². The first-order valence-corrected chi connectivity index (χ1v) is 19.2. The maximum absolute atomic E-state index is 12.5. The van der Waals surface area contributed by atoms with E-state index in [1.807, 2.05) is 42.5 Å². The lowest BCUT2D eigenvalue weighted by Crippen LogP contribution is -2.48. The van der Waals surface area contributed by atoms with Gasteiger partial charge in [0.1, 0.15) is 24.2 Å². The number of rotatable bonds is 10. The molecule has 10 heteroatoms. The van der Waals surface area contributed by atoms with E-state index in [0.29, 0.717) is 41.6 Å². The fraction of sp³-hybridized carbons (Fsp3) is 0.462. The minimum atomic E-state index is -3.25. The van der Waals surface area contributed by atoms with Gasteiger partial charge in [0.2, 0.25) is 0 Å². The Morgan fingerprint density at radius 3 is 2.35 bits per heavy atom. The molecule has 7 atom stereocenters. The van der Waals surface area contributed by atoms with E-state index in [2.05, 4.69) is 47.2 Å². The maximum atomic E-state index is 12.5. The smallest absolute Gasteiger partial charge is 0.316 e. The van der Waals surface area contributed by atoms with E-state index in [-0.39, 0.29) is 24.4 Å². The lowest BCUT2D eigenvalue weighted by molar-refractivity contribution is -0.156. The molecule has 0 unspecified atom stereocenters. The number of nitrogens with one attached hydrogen (secondary N) is 1. The fourth-order valence-corrected chi connectivity index (χ4v) is 9.40. The molecule has 0 spiro atoms. The van der Waals surface area contributed by atoms with E-state index in [9.17, 15) is 18.3 Å².